The highest BCUT2D eigenvalue weighted by Crippen LogP contribution is 2.24. The van der Waals surface area contributed by atoms with Crippen LogP contribution in [-0.4, -0.2) is 25.1 Å². The maximum absolute atomic E-state index is 11.9. The molecular formula is C20H26N2O2. The van der Waals surface area contributed by atoms with Gasteiger partial charge in [-0.1, -0.05) is 31.2 Å². The Morgan fingerprint density at radius 2 is 1.58 bits per heavy atom. The Morgan fingerprint density at radius 3 is 2.12 bits per heavy atom. The van der Waals surface area contributed by atoms with E-state index in [0.29, 0.717) is 13.2 Å². The van der Waals surface area contributed by atoms with Crippen LogP contribution in [0.25, 0.3) is 11.1 Å². The molecule has 4 heteroatoms. The van der Waals surface area contributed by atoms with Crippen LogP contribution in [0.3, 0.4) is 0 Å². The van der Waals surface area contributed by atoms with Crippen LogP contribution in [-0.2, 0) is 4.79 Å². The molecule has 0 bridgehead atoms. The second-order valence-corrected chi connectivity index (χ2v) is 5.69. The molecule has 2 N–H and O–H groups in total. The molecule has 2 rings (SSSR count). The van der Waals surface area contributed by atoms with Crippen LogP contribution >= 0.6 is 0 Å². The molecule has 0 unspecified atom stereocenters. The molecule has 1 atom stereocenters. The Balaban J connectivity index is 1.98. The van der Waals surface area contributed by atoms with Gasteiger partial charge in [0.2, 0.25) is 5.91 Å². The minimum Gasteiger partial charge on any atom is -0.494 e. The lowest BCUT2D eigenvalue weighted by Crippen LogP contribution is -2.37. The van der Waals surface area contributed by atoms with Crippen LogP contribution in [0.5, 0.6) is 5.75 Å². The number of hydrogen-bond donors (Lipinski definition) is 2. The molecule has 4 nitrogen and oxygen atoms in total. The molecule has 0 aliphatic heterocycles. The number of ether oxygens (including phenoxy) is 1. The van der Waals surface area contributed by atoms with E-state index in [9.17, 15) is 4.79 Å². The van der Waals surface area contributed by atoms with Gasteiger partial charge in [-0.3, -0.25) is 4.79 Å². The van der Waals surface area contributed by atoms with Gasteiger partial charge in [-0.2, -0.15) is 0 Å². The van der Waals surface area contributed by atoms with Crippen LogP contribution in [0.15, 0.2) is 48.5 Å². The third kappa shape index (κ3) is 5.01. The van der Waals surface area contributed by atoms with Gasteiger partial charge in [0, 0.05) is 12.2 Å². The van der Waals surface area contributed by atoms with E-state index in [4.69, 9.17) is 4.74 Å². The van der Waals surface area contributed by atoms with E-state index >= 15 is 0 Å². The lowest BCUT2D eigenvalue weighted by atomic mass is 10.1. The van der Waals surface area contributed by atoms with Crippen molar-refractivity contribution in [3.8, 4) is 16.9 Å². The minimum absolute atomic E-state index is 0.0208. The lowest BCUT2D eigenvalue weighted by molar-refractivity contribution is -0.121. The highest BCUT2D eigenvalue weighted by Gasteiger charge is 2.11. The Kier molecular flexibility index (Phi) is 6.67. The van der Waals surface area contributed by atoms with Crippen LogP contribution in [0.2, 0.25) is 0 Å². The molecule has 0 fully saturated rings. The zero-order chi connectivity index (χ0) is 17.4. The number of anilines is 1. The Morgan fingerprint density at radius 1 is 1.00 bits per heavy atom. The summed E-state index contributed by atoms with van der Waals surface area (Å²) in [6.07, 6.45) is 0.940. The van der Waals surface area contributed by atoms with Crippen LogP contribution < -0.4 is 15.4 Å². The van der Waals surface area contributed by atoms with Gasteiger partial charge in [-0.15, -0.1) is 0 Å². The average Bonchev–Trinajstić information content (AvgIpc) is 2.61. The van der Waals surface area contributed by atoms with E-state index < -0.39 is 0 Å². The highest BCUT2D eigenvalue weighted by atomic mass is 16.5. The number of amides is 1. The molecule has 24 heavy (non-hydrogen) atoms. The summed E-state index contributed by atoms with van der Waals surface area (Å²) in [5.41, 5.74) is 3.20. The third-order valence-electron chi connectivity index (χ3n) is 3.71. The number of rotatable bonds is 8. The van der Waals surface area contributed by atoms with Crippen molar-refractivity contribution in [3.63, 3.8) is 0 Å². The maximum atomic E-state index is 11.9. The van der Waals surface area contributed by atoms with Gasteiger partial charge in [0.1, 0.15) is 11.8 Å². The molecule has 0 saturated heterocycles. The normalized spacial score (nSPS) is 11.6. The first-order chi connectivity index (χ1) is 11.6. The fourth-order valence-corrected chi connectivity index (χ4v) is 2.39. The molecule has 0 heterocycles. The highest BCUT2D eigenvalue weighted by molar-refractivity contribution is 5.84. The Hall–Kier alpha value is -2.49. The number of hydrogen-bond acceptors (Lipinski definition) is 3. The zero-order valence-corrected chi connectivity index (χ0v) is 14.6. The predicted octanol–water partition coefficient (Wildman–Crippen LogP) is 4.08. The van der Waals surface area contributed by atoms with Gasteiger partial charge < -0.3 is 15.4 Å². The summed E-state index contributed by atoms with van der Waals surface area (Å²) in [6, 6.07) is 15.9. The second-order valence-electron chi connectivity index (χ2n) is 5.69. The largest absolute Gasteiger partial charge is 0.494 e. The topological polar surface area (TPSA) is 50.4 Å². The average molecular weight is 326 g/mol. The number of carbonyl (C=O) groups is 1. The standard InChI is InChI=1S/C20H26N2O2/c1-4-14-21-20(23)15(3)22-18-10-6-16(7-11-18)17-8-12-19(13-9-17)24-5-2/h6-13,15,22H,4-5,14H2,1-3H3,(H,21,23)/t15-/m0/s1. The van der Waals surface area contributed by atoms with E-state index in [1.165, 1.54) is 0 Å². The number of carbonyl (C=O) groups excluding carboxylic acids is 1. The van der Waals surface area contributed by atoms with Crippen molar-refractivity contribution in [2.75, 3.05) is 18.5 Å². The van der Waals surface area contributed by atoms with Crippen molar-refractivity contribution >= 4 is 11.6 Å². The van der Waals surface area contributed by atoms with Gasteiger partial charge in [-0.25, -0.2) is 0 Å². The van der Waals surface area contributed by atoms with Gasteiger partial charge in [-0.05, 0) is 55.7 Å². The molecule has 0 aliphatic rings. The first-order valence-electron chi connectivity index (χ1n) is 8.51. The summed E-state index contributed by atoms with van der Waals surface area (Å²) in [6.45, 7) is 7.26. The van der Waals surface area contributed by atoms with Crippen molar-refractivity contribution in [1.82, 2.24) is 5.32 Å². The Bertz CT molecular complexity index is 636. The number of benzene rings is 2. The SMILES string of the molecule is CCCNC(=O)[C@H](C)Nc1ccc(-c2ccc(OCC)cc2)cc1. The molecule has 0 spiro atoms. The van der Waals surface area contributed by atoms with Crippen molar-refractivity contribution in [2.24, 2.45) is 0 Å². The van der Waals surface area contributed by atoms with Crippen LogP contribution in [0.1, 0.15) is 27.2 Å². The molecule has 0 radical (unpaired) electrons. The van der Waals surface area contributed by atoms with Gasteiger partial charge in [0.15, 0.2) is 0 Å². The third-order valence-corrected chi connectivity index (χ3v) is 3.71. The summed E-state index contributed by atoms with van der Waals surface area (Å²) in [5, 5.41) is 6.11. The molecule has 0 aromatic heterocycles. The summed E-state index contributed by atoms with van der Waals surface area (Å²) >= 11 is 0. The van der Waals surface area contributed by atoms with Crippen molar-refractivity contribution in [1.29, 1.82) is 0 Å². The maximum Gasteiger partial charge on any atom is 0.242 e. The molecule has 1 amide bonds. The molecule has 0 aliphatic carbocycles. The first-order valence-corrected chi connectivity index (χ1v) is 8.51. The van der Waals surface area contributed by atoms with E-state index in [-0.39, 0.29) is 11.9 Å². The molecule has 2 aromatic rings. The summed E-state index contributed by atoms with van der Waals surface area (Å²) in [4.78, 5) is 11.9. The van der Waals surface area contributed by atoms with Crippen LogP contribution in [0.4, 0.5) is 5.69 Å². The first kappa shape index (κ1) is 17.9. The smallest absolute Gasteiger partial charge is 0.242 e. The van der Waals surface area contributed by atoms with Crippen molar-refractivity contribution in [2.45, 2.75) is 33.2 Å². The minimum atomic E-state index is -0.257. The van der Waals surface area contributed by atoms with Crippen LogP contribution in [0, 0.1) is 0 Å². The Labute approximate surface area is 144 Å². The zero-order valence-electron chi connectivity index (χ0n) is 14.6. The molecule has 0 saturated carbocycles. The number of nitrogens with one attached hydrogen (secondary N) is 2. The summed E-state index contributed by atoms with van der Waals surface area (Å²) in [7, 11) is 0. The fourth-order valence-electron chi connectivity index (χ4n) is 2.39. The quantitative estimate of drug-likeness (QED) is 0.768. The molecule has 128 valence electrons. The summed E-state index contributed by atoms with van der Waals surface area (Å²) in [5.74, 6) is 0.902. The monoisotopic (exact) mass is 326 g/mol. The van der Waals surface area contributed by atoms with Gasteiger partial charge >= 0.3 is 0 Å². The van der Waals surface area contributed by atoms with Gasteiger partial charge in [0.05, 0.1) is 6.61 Å². The van der Waals surface area contributed by atoms with E-state index in [0.717, 1.165) is 29.0 Å². The van der Waals surface area contributed by atoms with Crippen molar-refractivity contribution < 1.29 is 9.53 Å². The van der Waals surface area contributed by atoms with Crippen molar-refractivity contribution in [3.05, 3.63) is 48.5 Å². The molecular weight excluding hydrogens is 300 g/mol. The van der Waals surface area contributed by atoms with E-state index in [1.54, 1.807) is 0 Å². The predicted molar refractivity (Wildman–Crippen MR) is 99.4 cm³/mol. The fraction of sp³-hybridized carbons (Fsp3) is 0.350. The van der Waals surface area contributed by atoms with E-state index in [2.05, 4.69) is 22.8 Å². The summed E-state index contributed by atoms with van der Waals surface area (Å²) < 4.78 is 5.46. The van der Waals surface area contributed by atoms with E-state index in [1.807, 2.05) is 57.2 Å². The van der Waals surface area contributed by atoms with Gasteiger partial charge in [0.25, 0.3) is 0 Å². The lowest BCUT2D eigenvalue weighted by Gasteiger charge is -2.15. The molecule has 2 aromatic carbocycles. The second kappa shape index (κ2) is 8.96.